The van der Waals surface area contributed by atoms with Crippen LogP contribution < -0.4 is 20.1 Å². The van der Waals surface area contributed by atoms with Gasteiger partial charge in [0.2, 0.25) is 12.7 Å². The van der Waals surface area contributed by atoms with E-state index < -0.39 is 0 Å². The van der Waals surface area contributed by atoms with E-state index in [0.717, 1.165) is 30.2 Å². The van der Waals surface area contributed by atoms with Crippen LogP contribution in [0.3, 0.4) is 0 Å². The summed E-state index contributed by atoms with van der Waals surface area (Å²) in [5.41, 5.74) is 0.933. The predicted octanol–water partition coefficient (Wildman–Crippen LogP) is 1.74. The summed E-state index contributed by atoms with van der Waals surface area (Å²) in [6, 6.07) is 5.66. The Morgan fingerprint density at radius 3 is 2.94 bits per heavy atom. The largest absolute Gasteiger partial charge is 0.454 e. The van der Waals surface area contributed by atoms with Crippen LogP contribution in [0.25, 0.3) is 0 Å². The van der Waals surface area contributed by atoms with E-state index in [-0.39, 0.29) is 12.7 Å². The van der Waals surface area contributed by atoms with Gasteiger partial charge in [0.15, 0.2) is 11.5 Å². The Morgan fingerprint density at radius 2 is 2.11 bits per heavy atom. The van der Waals surface area contributed by atoms with Crippen molar-refractivity contribution in [3.8, 4) is 11.5 Å². The van der Waals surface area contributed by atoms with Gasteiger partial charge in [0.25, 0.3) is 0 Å². The Bertz CT molecular complexity index is 421. The van der Waals surface area contributed by atoms with Crippen molar-refractivity contribution in [1.82, 2.24) is 5.32 Å². The zero-order valence-corrected chi connectivity index (χ0v) is 10.5. The lowest BCUT2D eigenvalue weighted by atomic mass is 10.2. The first kappa shape index (κ1) is 12.5. The minimum Gasteiger partial charge on any atom is -0.454 e. The molecule has 18 heavy (non-hydrogen) atoms. The van der Waals surface area contributed by atoms with Crippen molar-refractivity contribution in [3.63, 3.8) is 0 Å². The van der Waals surface area contributed by atoms with Gasteiger partial charge in [-0.15, -0.1) is 0 Å². The molecular formula is C13H18N2O3. The Labute approximate surface area is 106 Å². The number of benzene rings is 1. The molecule has 1 aromatic rings. The van der Waals surface area contributed by atoms with Crippen molar-refractivity contribution >= 4 is 11.6 Å². The maximum atomic E-state index is 11.4. The predicted molar refractivity (Wildman–Crippen MR) is 69.0 cm³/mol. The summed E-state index contributed by atoms with van der Waals surface area (Å²) in [6.45, 7) is 3.65. The highest BCUT2D eigenvalue weighted by Crippen LogP contribution is 2.34. The van der Waals surface area contributed by atoms with E-state index in [1.165, 1.54) is 0 Å². The standard InChI is InChI=1S/C13H18N2O3/c1-2-6-15-13(16)5-7-14-10-3-4-11-12(8-10)18-9-17-11/h3-4,8,14H,2,5-7,9H2,1H3,(H,15,16). The summed E-state index contributed by atoms with van der Waals surface area (Å²) >= 11 is 0. The van der Waals surface area contributed by atoms with Gasteiger partial charge in [-0.3, -0.25) is 4.79 Å². The third kappa shape index (κ3) is 3.29. The second-order valence-corrected chi connectivity index (χ2v) is 4.09. The van der Waals surface area contributed by atoms with E-state index in [4.69, 9.17) is 9.47 Å². The Balaban J connectivity index is 1.75. The molecule has 1 aliphatic heterocycles. The lowest BCUT2D eigenvalue weighted by molar-refractivity contribution is -0.120. The molecule has 1 aromatic carbocycles. The first-order valence-corrected chi connectivity index (χ1v) is 6.20. The lowest BCUT2D eigenvalue weighted by Gasteiger charge is -2.07. The summed E-state index contributed by atoms with van der Waals surface area (Å²) in [6.07, 6.45) is 1.43. The molecule has 0 atom stereocenters. The second-order valence-electron chi connectivity index (χ2n) is 4.09. The van der Waals surface area contributed by atoms with Crippen LogP contribution in [0.4, 0.5) is 5.69 Å². The van der Waals surface area contributed by atoms with Crippen LogP contribution in [0.2, 0.25) is 0 Å². The van der Waals surface area contributed by atoms with Crippen LogP contribution in [-0.4, -0.2) is 25.8 Å². The van der Waals surface area contributed by atoms with Gasteiger partial charge in [0.1, 0.15) is 0 Å². The van der Waals surface area contributed by atoms with Crippen molar-refractivity contribution in [2.75, 3.05) is 25.2 Å². The normalized spacial score (nSPS) is 12.3. The molecule has 1 aliphatic rings. The maximum absolute atomic E-state index is 11.4. The SMILES string of the molecule is CCCNC(=O)CCNc1ccc2c(c1)OCO2. The van der Waals surface area contributed by atoms with Gasteiger partial charge in [0, 0.05) is 31.3 Å². The van der Waals surface area contributed by atoms with Crippen molar-refractivity contribution in [2.24, 2.45) is 0 Å². The monoisotopic (exact) mass is 250 g/mol. The highest BCUT2D eigenvalue weighted by Gasteiger charge is 2.12. The molecule has 0 unspecified atom stereocenters. The second kappa shape index (κ2) is 6.14. The Morgan fingerprint density at radius 1 is 1.28 bits per heavy atom. The maximum Gasteiger partial charge on any atom is 0.231 e. The van der Waals surface area contributed by atoms with E-state index in [9.17, 15) is 4.79 Å². The van der Waals surface area contributed by atoms with Crippen molar-refractivity contribution < 1.29 is 14.3 Å². The van der Waals surface area contributed by atoms with E-state index >= 15 is 0 Å². The average molecular weight is 250 g/mol. The molecule has 0 aromatic heterocycles. The number of ether oxygens (including phenoxy) is 2. The van der Waals surface area contributed by atoms with Crippen molar-refractivity contribution in [1.29, 1.82) is 0 Å². The fourth-order valence-corrected chi connectivity index (χ4v) is 1.68. The number of amides is 1. The lowest BCUT2D eigenvalue weighted by Crippen LogP contribution is -2.25. The minimum atomic E-state index is 0.0742. The molecular weight excluding hydrogens is 232 g/mol. The number of hydrogen-bond acceptors (Lipinski definition) is 4. The number of hydrogen-bond donors (Lipinski definition) is 2. The molecule has 1 amide bonds. The highest BCUT2D eigenvalue weighted by atomic mass is 16.7. The fraction of sp³-hybridized carbons (Fsp3) is 0.462. The van der Waals surface area contributed by atoms with E-state index in [1.54, 1.807) is 0 Å². The molecule has 0 spiro atoms. The first-order chi connectivity index (χ1) is 8.79. The number of carbonyl (C=O) groups excluding carboxylic acids is 1. The number of fused-ring (bicyclic) bond motifs is 1. The van der Waals surface area contributed by atoms with Crippen molar-refractivity contribution in [3.05, 3.63) is 18.2 Å². The van der Waals surface area contributed by atoms with Crippen LogP contribution in [0.5, 0.6) is 11.5 Å². The number of carbonyl (C=O) groups is 1. The molecule has 0 saturated carbocycles. The van der Waals surface area contributed by atoms with Crippen LogP contribution in [0, 0.1) is 0 Å². The summed E-state index contributed by atoms with van der Waals surface area (Å²) in [4.78, 5) is 11.4. The molecule has 0 saturated heterocycles. The topological polar surface area (TPSA) is 59.6 Å². The number of nitrogens with one attached hydrogen (secondary N) is 2. The summed E-state index contributed by atoms with van der Waals surface area (Å²) in [5, 5.41) is 6.02. The van der Waals surface area contributed by atoms with Crippen molar-refractivity contribution in [2.45, 2.75) is 19.8 Å². The van der Waals surface area contributed by atoms with Crippen LogP contribution in [0.15, 0.2) is 18.2 Å². The van der Waals surface area contributed by atoms with Crippen LogP contribution in [0.1, 0.15) is 19.8 Å². The quantitative estimate of drug-likeness (QED) is 0.807. The zero-order chi connectivity index (χ0) is 12.8. The molecule has 5 heteroatoms. The zero-order valence-electron chi connectivity index (χ0n) is 10.5. The van der Waals surface area contributed by atoms with Gasteiger partial charge in [-0.1, -0.05) is 6.92 Å². The van der Waals surface area contributed by atoms with E-state index in [2.05, 4.69) is 10.6 Å². The highest BCUT2D eigenvalue weighted by molar-refractivity contribution is 5.76. The van der Waals surface area contributed by atoms with Gasteiger partial charge in [-0.05, 0) is 18.6 Å². The third-order valence-corrected chi connectivity index (χ3v) is 2.63. The first-order valence-electron chi connectivity index (χ1n) is 6.20. The minimum absolute atomic E-state index is 0.0742. The van der Waals surface area contributed by atoms with Gasteiger partial charge in [-0.2, -0.15) is 0 Å². The molecule has 98 valence electrons. The molecule has 2 N–H and O–H groups in total. The smallest absolute Gasteiger partial charge is 0.231 e. The average Bonchev–Trinajstić information content (AvgIpc) is 2.83. The van der Waals surface area contributed by atoms with Gasteiger partial charge >= 0.3 is 0 Å². The molecule has 0 bridgehead atoms. The molecule has 2 rings (SSSR count). The van der Waals surface area contributed by atoms with Gasteiger partial charge < -0.3 is 20.1 Å². The molecule has 5 nitrogen and oxygen atoms in total. The Kier molecular flexibility index (Phi) is 4.28. The molecule has 0 fully saturated rings. The summed E-state index contributed by atoms with van der Waals surface area (Å²) in [5.74, 6) is 1.58. The molecule has 0 radical (unpaired) electrons. The van der Waals surface area contributed by atoms with E-state index in [0.29, 0.717) is 13.0 Å². The van der Waals surface area contributed by atoms with Crippen LogP contribution in [-0.2, 0) is 4.79 Å². The number of rotatable bonds is 6. The Hall–Kier alpha value is -1.91. The van der Waals surface area contributed by atoms with Crippen LogP contribution >= 0.6 is 0 Å². The van der Waals surface area contributed by atoms with E-state index in [1.807, 2.05) is 25.1 Å². The van der Waals surface area contributed by atoms with Gasteiger partial charge in [-0.25, -0.2) is 0 Å². The van der Waals surface area contributed by atoms with Gasteiger partial charge in [0.05, 0.1) is 0 Å². The third-order valence-electron chi connectivity index (χ3n) is 2.63. The molecule has 1 heterocycles. The summed E-state index contributed by atoms with van der Waals surface area (Å²) < 4.78 is 10.5. The molecule has 0 aliphatic carbocycles. The fourth-order valence-electron chi connectivity index (χ4n) is 1.68. The number of anilines is 1. The summed E-state index contributed by atoms with van der Waals surface area (Å²) in [7, 11) is 0.